The van der Waals surface area contributed by atoms with Crippen LogP contribution in [0.1, 0.15) is 5.48 Å². The highest BCUT2D eigenvalue weighted by molar-refractivity contribution is 6.18. The van der Waals surface area contributed by atoms with E-state index in [1.165, 1.54) is 14.1 Å². The number of hydrogen-bond donors (Lipinski definition) is 0. The first kappa shape index (κ1) is 3.54. The minimum absolute atomic E-state index is 0. The van der Waals surface area contributed by atoms with Crippen LogP contribution in [0.15, 0.2) is 0 Å². The Bertz CT molecular complexity index is 122. The molecule has 0 aromatic rings. The molecule has 0 rings (SSSR count). The van der Waals surface area contributed by atoms with E-state index in [4.69, 9.17) is 17.1 Å². The van der Waals surface area contributed by atoms with E-state index in [2.05, 4.69) is 0 Å². The number of hydrogen-bond acceptors (Lipinski definition) is 1. The Morgan fingerprint density at radius 3 is 2.14 bits per heavy atom. The number of halogens is 2. The predicted octanol–water partition coefficient (Wildman–Crippen LogP) is 1.21. The summed E-state index contributed by atoms with van der Waals surface area (Å²) in [4.78, 5) is 1.10. The molecule has 7 heavy (non-hydrogen) atoms. The van der Waals surface area contributed by atoms with Crippen LogP contribution in [0.2, 0.25) is 0 Å². The monoisotopic (exact) mass is 147 g/mol. The second-order valence-corrected chi connectivity index (χ2v) is 1.29. The van der Waals surface area contributed by atoms with Crippen molar-refractivity contribution in [2.24, 2.45) is 0 Å². The molecule has 0 amide bonds. The van der Waals surface area contributed by atoms with Crippen LogP contribution in [0.25, 0.3) is 0 Å². The zero-order chi connectivity index (χ0) is 8.58. The van der Waals surface area contributed by atoms with Crippen LogP contribution in [0.5, 0.6) is 0 Å². The van der Waals surface area contributed by atoms with Crippen LogP contribution in [-0.4, -0.2) is 31.3 Å². The second kappa shape index (κ2) is 6.54. The SMILES string of the molecule is Cl.[2H]C([2H])(Cl)C([2H])([2H])N(C)C. The fourth-order valence-corrected chi connectivity index (χ4v) is 0.254. The molecule has 0 fully saturated rings. The zero-order valence-corrected chi connectivity index (χ0v) is 5.81. The Labute approximate surface area is 61.7 Å². The molecule has 46 valence electrons. The Balaban J connectivity index is 0. The maximum Gasteiger partial charge on any atom is 0.0449 e. The highest BCUT2D eigenvalue weighted by atomic mass is 35.5. The molecule has 0 bridgehead atoms. The Morgan fingerprint density at radius 1 is 1.71 bits per heavy atom. The van der Waals surface area contributed by atoms with Crippen molar-refractivity contribution in [1.82, 2.24) is 4.90 Å². The van der Waals surface area contributed by atoms with E-state index < -0.39 is 12.3 Å². The lowest BCUT2D eigenvalue weighted by Gasteiger charge is -2.02. The highest BCUT2D eigenvalue weighted by Gasteiger charge is 1.81. The minimum atomic E-state index is -2.35. The van der Waals surface area contributed by atoms with E-state index in [-0.39, 0.29) is 12.4 Å². The third-order valence-corrected chi connectivity index (χ3v) is 0.350. The van der Waals surface area contributed by atoms with Gasteiger partial charge in [-0.05, 0) is 14.1 Å². The van der Waals surface area contributed by atoms with E-state index in [9.17, 15) is 0 Å². The van der Waals surface area contributed by atoms with Gasteiger partial charge in [-0.1, -0.05) is 0 Å². The van der Waals surface area contributed by atoms with E-state index in [1.807, 2.05) is 0 Å². The zero-order valence-electron chi connectivity index (χ0n) is 8.23. The van der Waals surface area contributed by atoms with Crippen molar-refractivity contribution < 1.29 is 5.48 Å². The molecule has 1 nitrogen and oxygen atoms in total. The first-order chi connectivity index (χ1) is 4.19. The lowest BCUT2D eigenvalue weighted by molar-refractivity contribution is 0.436. The van der Waals surface area contributed by atoms with E-state index >= 15 is 0 Å². The summed E-state index contributed by atoms with van der Waals surface area (Å²) in [5.74, 6) is -2.35. The Morgan fingerprint density at radius 2 is 2.14 bits per heavy atom. The maximum absolute atomic E-state index is 7.12. The van der Waals surface area contributed by atoms with Crippen LogP contribution in [0.3, 0.4) is 0 Å². The van der Waals surface area contributed by atoms with Gasteiger partial charge in [-0.3, -0.25) is 0 Å². The highest BCUT2D eigenvalue weighted by Crippen LogP contribution is 1.75. The van der Waals surface area contributed by atoms with Crippen molar-refractivity contribution in [2.75, 3.05) is 26.4 Å². The lowest BCUT2D eigenvalue weighted by atomic mass is 10.7. The van der Waals surface area contributed by atoms with Crippen molar-refractivity contribution >= 4 is 24.0 Å². The van der Waals surface area contributed by atoms with Crippen LogP contribution in [0.4, 0.5) is 0 Å². The van der Waals surface area contributed by atoms with Crippen LogP contribution in [0, 0.1) is 0 Å². The minimum Gasteiger partial charge on any atom is -0.308 e. The number of alkyl halides is 1. The molecule has 0 atom stereocenters. The molecule has 0 spiro atoms. The maximum atomic E-state index is 7.12. The van der Waals surface area contributed by atoms with Gasteiger partial charge in [-0.25, -0.2) is 0 Å². The van der Waals surface area contributed by atoms with E-state index in [0.717, 1.165) is 4.90 Å². The van der Waals surface area contributed by atoms with Gasteiger partial charge in [0.25, 0.3) is 0 Å². The summed E-state index contributed by atoms with van der Waals surface area (Å²) in [5.41, 5.74) is 0. The standard InChI is InChI=1S/C4H10ClN.ClH/c1-6(2)4-3-5;/h3-4H2,1-2H3;1H/i3D2,4D2;. The summed E-state index contributed by atoms with van der Waals surface area (Å²) in [6, 6.07) is 0. The topological polar surface area (TPSA) is 3.24 Å². The molecular weight excluding hydrogens is 133 g/mol. The predicted molar refractivity (Wildman–Crippen MR) is 36.5 cm³/mol. The summed E-state index contributed by atoms with van der Waals surface area (Å²) in [6.07, 6.45) is 0. The second-order valence-electron chi connectivity index (χ2n) is 1.10. The molecule has 0 aromatic heterocycles. The van der Waals surface area contributed by atoms with Crippen molar-refractivity contribution in [1.29, 1.82) is 0 Å². The third kappa shape index (κ3) is 10.8. The van der Waals surface area contributed by atoms with Crippen LogP contribution in [-0.2, 0) is 0 Å². The smallest absolute Gasteiger partial charge is 0.0449 e. The summed E-state index contributed by atoms with van der Waals surface area (Å²) in [7, 11) is 2.86. The molecule has 0 saturated heterocycles. The molecule has 0 aliphatic rings. The van der Waals surface area contributed by atoms with Gasteiger partial charge in [0.05, 0.1) is 0 Å². The summed E-state index contributed by atoms with van der Waals surface area (Å²) < 4.78 is 28.0. The van der Waals surface area contributed by atoms with Gasteiger partial charge >= 0.3 is 0 Å². The molecule has 3 heteroatoms. The van der Waals surface area contributed by atoms with Crippen molar-refractivity contribution in [3.05, 3.63) is 0 Å². The first-order valence-corrected chi connectivity index (χ1v) is 1.93. The average Bonchev–Trinajstić information content (AvgIpc) is 1.62. The molecular formula is C4H11Cl2N. The molecule has 0 heterocycles. The van der Waals surface area contributed by atoms with Crippen LogP contribution >= 0.6 is 24.0 Å². The quantitative estimate of drug-likeness (QED) is 0.532. The Hall–Kier alpha value is 0.540. The van der Waals surface area contributed by atoms with Gasteiger partial charge in [0, 0.05) is 17.8 Å². The third-order valence-electron chi connectivity index (χ3n) is 0.266. The van der Waals surface area contributed by atoms with E-state index in [0.29, 0.717) is 0 Å². The summed E-state index contributed by atoms with van der Waals surface area (Å²) in [6.45, 7) is -2.13. The van der Waals surface area contributed by atoms with Gasteiger partial charge in [0.2, 0.25) is 0 Å². The molecule has 0 saturated carbocycles. The van der Waals surface area contributed by atoms with Crippen molar-refractivity contribution in [3.8, 4) is 0 Å². The number of nitrogens with zero attached hydrogens (tertiary/aromatic N) is 1. The molecule has 0 aliphatic heterocycles. The summed E-state index contributed by atoms with van der Waals surface area (Å²) in [5, 5.41) is 0. The van der Waals surface area contributed by atoms with Crippen molar-refractivity contribution in [2.45, 2.75) is 0 Å². The van der Waals surface area contributed by atoms with Crippen molar-refractivity contribution in [3.63, 3.8) is 0 Å². The first-order valence-electron chi connectivity index (χ1n) is 3.56. The van der Waals surface area contributed by atoms with Gasteiger partial charge in [0.1, 0.15) is 0 Å². The van der Waals surface area contributed by atoms with E-state index in [1.54, 1.807) is 0 Å². The fraction of sp³-hybridized carbons (Fsp3) is 1.00. The van der Waals surface area contributed by atoms with Gasteiger partial charge in [-0.2, -0.15) is 0 Å². The average molecular weight is 148 g/mol. The largest absolute Gasteiger partial charge is 0.308 e. The normalized spacial score (nSPS) is 21.1. The van der Waals surface area contributed by atoms with Gasteiger partial charge < -0.3 is 4.90 Å². The molecule has 0 radical (unpaired) electrons. The molecule has 0 aromatic carbocycles. The van der Waals surface area contributed by atoms with Gasteiger partial charge in [-0.15, -0.1) is 24.0 Å². The summed E-state index contributed by atoms with van der Waals surface area (Å²) >= 11 is 5.14. The fourth-order valence-electron chi connectivity index (χ4n) is 0.0845. The molecule has 0 N–H and O–H groups in total. The van der Waals surface area contributed by atoms with Gasteiger partial charge in [0.15, 0.2) is 0 Å². The molecule has 0 unspecified atom stereocenters. The number of rotatable bonds is 2. The molecule has 0 aliphatic carbocycles. The lowest BCUT2D eigenvalue weighted by Crippen LogP contribution is -2.13. The van der Waals surface area contributed by atoms with Crippen LogP contribution < -0.4 is 0 Å². The Kier molecular flexibility index (Phi) is 3.31.